The van der Waals surface area contributed by atoms with E-state index in [1.807, 2.05) is 10.9 Å². The van der Waals surface area contributed by atoms with Gasteiger partial charge in [0.05, 0.1) is 24.4 Å². The van der Waals surface area contributed by atoms with Gasteiger partial charge in [-0.1, -0.05) is 5.21 Å². The third-order valence-corrected chi connectivity index (χ3v) is 2.46. The SMILES string of the molecule is c1ncc(-c2cn(CC3CC3)nn2)[nH]1. The number of imidazole rings is 1. The van der Waals surface area contributed by atoms with Crippen LogP contribution in [0.2, 0.25) is 0 Å². The summed E-state index contributed by atoms with van der Waals surface area (Å²) < 4.78 is 1.91. The van der Waals surface area contributed by atoms with Crippen LogP contribution < -0.4 is 0 Å². The van der Waals surface area contributed by atoms with E-state index >= 15 is 0 Å². The highest BCUT2D eigenvalue weighted by molar-refractivity contribution is 5.50. The first-order valence-corrected chi connectivity index (χ1v) is 4.81. The van der Waals surface area contributed by atoms with Gasteiger partial charge >= 0.3 is 0 Å². The molecule has 72 valence electrons. The fourth-order valence-electron chi connectivity index (χ4n) is 1.47. The largest absolute Gasteiger partial charge is 0.343 e. The maximum atomic E-state index is 4.08. The van der Waals surface area contributed by atoms with Gasteiger partial charge in [-0.05, 0) is 18.8 Å². The molecule has 0 bridgehead atoms. The fourth-order valence-corrected chi connectivity index (χ4v) is 1.47. The van der Waals surface area contributed by atoms with Crippen molar-refractivity contribution in [3.05, 3.63) is 18.7 Å². The van der Waals surface area contributed by atoms with Crippen molar-refractivity contribution in [2.75, 3.05) is 0 Å². The average Bonchev–Trinajstić information content (AvgIpc) is 2.71. The summed E-state index contributed by atoms with van der Waals surface area (Å²) in [5.41, 5.74) is 1.79. The van der Waals surface area contributed by atoms with E-state index in [9.17, 15) is 0 Å². The molecule has 14 heavy (non-hydrogen) atoms. The Morgan fingerprint density at radius 3 is 3.14 bits per heavy atom. The van der Waals surface area contributed by atoms with Crippen LogP contribution in [-0.2, 0) is 6.54 Å². The molecule has 0 aliphatic heterocycles. The maximum absolute atomic E-state index is 4.08. The van der Waals surface area contributed by atoms with E-state index in [2.05, 4.69) is 20.3 Å². The highest BCUT2D eigenvalue weighted by Crippen LogP contribution is 2.30. The topological polar surface area (TPSA) is 59.4 Å². The lowest BCUT2D eigenvalue weighted by Gasteiger charge is -1.93. The lowest BCUT2D eigenvalue weighted by molar-refractivity contribution is 0.544. The van der Waals surface area contributed by atoms with Crippen molar-refractivity contribution in [3.8, 4) is 11.4 Å². The minimum Gasteiger partial charge on any atom is -0.343 e. The van der Waals surface area contributed by atoms with Gasteiger partial charge < -0.3 is 4.98 Å². The smallest absolute Gasteiger partial charge is 0.130 e. The van der Waals surface area contributed by atoms with Crippen LogP contribution in [0.25, 0.3) is 11.4 Å². The Kier molecular flexibility index (Phi) is 1.62. The van der Waals surface area contributed by atoms with Crippen LogP contribution >= 0.6 is 0 Å². The number of rotatable bonds is 3. The first-order valence-electron chi connectivity index (χ1n) is 4.81. The van der Waals surface area contributed by atoms with Crippen molar-refractivity contribution in [2.45, 2.75) is 19.4 Å². The minimum atomic E-state index is 0.825. The molecule has 2 aromatic rings. The minimum absolute atomic E-state index is 0.825. The van der Waals surface area contributed by atoms with Crippen LogP contribution in [-0.4, -0.2) is 25.0 Å². The normalized spacial score (nSPS) is 16.0. The molecule has 0 aromatic carbocycles. The molecule has 1 fully saturated rings. The predicted molar refractivity (Wildman–Crippen MR) is 50.3 cm³/mol. The molecule has 0 unspecified atom stereocenters. The highest BCUT2D eigenvalue weighted by atomic mass is 15.4. The predicted octanol–water partition coefficient (Wildman–Crippen LogP) is 1.08. The molecule has 0 saturated heterocycles. The number of nitrogens with one attached hydrogen (secondary N) is 1. The van der Waals surface area contributed by atoms with Crippen molar-refractivity contribution < 1.29 is 0 Å². The van der Waals surface area contributed by atoms with E-state index in [1.54, 1.807) is 12.5 Å². The monoisotopic (exact) mass is 189 g/mol. The molecule has 2 heterocycles. The Labute approximate surface area is 81.2 Å². The second-order valence-electron chi connectivity index (χ2n) is 3.73. The summed E-state index contributed by atoms with van der Waals surface area (Å²) in [4.78, 5) is 6.96. The van der Waals surface area contributed by atoms with Crippen molar-refractivity contribution in [2.24, 2.45) is 5.92 Å². The maximum Gasteiger partial charge on any atom is 0.130 e. The van der Waals surface area contributed by atoms with Gasteiger partial charge in [0.1, 0.15) is 5.69 Å². The van der Waals surface area contributed by atoms with Gasteiger partial charge in [0.15, 0.2) is 0 Å². The zero-order valence-electron chi connectivity index (χ0n) is 7.72. The zero-order valence-corrected chi connectivity index (χ0v) is 7.72. The summed E-state index contributed by atoms with van der Waals surface area (Å²) in [6, 6.07) is 0. The summed E-state index contributed by atoms with van der Waals surface area (Å²) in [6.45, 7) is 1.00. The molecule has 0 radical (unpaired) electrons. The van der Waals surface area contributed by atoms with Gasteiger partial charge in [-0.25, -0.2) is 4.98 Å². The van der Waals surface area contributed by atoms with Crippen LogP contribution in [0.1, 0.15) is 12.8 Å². The van der Waals surface area contributed by atoms with Gasteiger partial charge in [-0.2, -0.15) is 0 Å². The van der Waals surface area contributed by atoms with Crippen molar-refractivity contribution in [3.63, 3.8) is 0 Å². The first kappa shape index (κ1) is 7.73. The number of nitrogens with zero attached hydrogens (tertiary/aromatic N) is 4. The molecule has 5 nitrogen and oxygen atoms in total. The molecular weight excluding hydrogens is 178 g/mol. The first-order chi connectivity index (χ1) is 6.92. The van der Waals surface area contributed by atoms with Gasteiger partial charge in [0.2, 0.25) is 0 Å². The number of H-pyrrole nitrogens is 1. The lowest BCUT2D eigenvalue weighted by atomic mass is 10.3. The molecule has 0 spiro atoms. The Morgan fingerprint density at radius 1 is 1.50 bits per heavy atom. The molecule has 1 aliphatic carbocycles. The third-order valence-electron chi connectivity index (χ3n) is 2.46. The fraction of sp³-hybridized carbons (Fsp3) is 0.444. The van der Waals surface area contributed by atoms with Gasteiger partial charge in [0, 0.05) is 6.54 Å². The quantitative estimate of drug-likeness (QED) is 0.785. The Hall–Kier alpha value is -1.65. The number of aromatic amines is 1. The van der Waals surface area contributed by atoms with Gasteiger partial charge in [0.25, 0.3) is 0 Å². The number of aromatic nitrogens is 5. The molecule has 1 N–H and O–H groups in total. The molecule has 1 aliphatic rings. The summed E-state index contributed by atoms with van der Waals surface area (Å²) in [7, 11) is 0. The van der Waals surface area contributed by atoms with E-state index in [4.69, 9.17) is 0 Å². The third kappa shape index (κ3) is 1.41. The molecule has 0 atom stereocenters. The van der Waals surface area contributed by atoms with E-state index in [0.29, 0.717) is 0 Å². The van der Waals surface area contributed by atoms with Gasteiger partial charge in [-0.3, -0.25) is 4.68 Å². The van der Waals surface area contributed by atoms with Gasteiger partial charge in [-0.15, -0.1) is 5.10 Å². The van der Waals surface area contributed by atoms with E-state index in [-0.39, 0.29) is 0 Å². The standard InChI is InChI=1S/C9H11N5/c1-2-7(1)4-14-5-9(12-13-14)8-3-10-6-11-8/h3,5-7H,1-2,4H2,(H,10,11). The van der Waals surface area contributed by atoms with Crippen molar-refractivity contribution >= 4 is 0 Å². The summed E-state index contributed by atoms with van der Waals surface area (Å²) >= 11 is 0. The molecule has 3 rings (SSSR count). The molecular formula is C9H11N5. The molecule has 0 amide bonds. The average molecular weight is 189 g/mol. The Morgan fingerprint density at radius 2 is 2.43 bits per heavy atom. The van der Waals surface area contributed by atoms with E-state index < -0.39 is 0 Å². The lowest BCUT2D eigenvalue weighted by Crippen LogP contribution is -1.99. The second kappa shape index (κ2) is 2.94. The van der Waals surface area contributed by atoms with Crippen molar-refractivity contribution in [1.29, 1.82) is 0 Å². The summed E-state index contributed by atoms with van der Waals surface area (Å²) in [6.07, 6.45) is 8.03. The van der Waals surface area contributed by atoms with Crippen LogP contribution in [0, 0.1) is 5.92 Å². The van der Waals surface area contributed by atoms with E-state index in [1.165, 1.54) is 12.8 Å². The van der Waals surface area contributed by atoms with E-state index in [0.717, 1.165) is 23.9 Å². The molecule has 5 heteroatoms. The van der Waals surface area contributed by atoms with Crippen LogP contribution in [0.5, 0.6) is 0 Å². The summed E-state index contributed by atoms with van der Waals surface area (Å²) in [5.74, 6) is 0.825. The number of hydrogen-bond donors (Lipinski definition) is 1. The Bertz CT molecular complexity index is 412. The molecule has 1 saturated carbocycles. The van der Waals surface area contributed by atoms with Crippen molar-refractivity contribution in [1.82, 2.24) is 25.0 Å². The zero-order chi connectivity index (χ0) is 9.38. The number of hydrogen-bond acceptors (Lipinski definition) is 3. The highest BCUT2D eigenvalue weighted by Gasteiger charge is 2.22. The second-order valence-corrected chi connectivity index (χ2v) is 3.73. The van der Waals surface area contributed by atoms with Crippen LogP contribution in [0.3, 0.4) is 0 Å². The van der Waals surface area contributed by atoms with Crippen LogP contribution in [0.4, 0.5) is 0 Å². The summed E-state index contributed by atoms with van der Waals surface area (Å²) in [5, 5.41) is 8.15. The molecule has 2 aromatic heterocycles. The van der Waals surface area contributed by atoms with Crippen LogP contribution in [0.15, 0.2) is 18.7 Å². The Balaban J connectivity index is 1.82.